The van der Waals surface area contributed by atoms with Crippen LogP contribution in [0, 0.1) is 0 Å². The summed E-state index contributed by atoms with van der Waals surface area (Å²) in [6.07, 6.45) is 3.01. The number of rotatable bonds is 4. The van der Waals surface area contributed by atoms with E-state index in [1.165, 1.54) is 0 Å². The Kier molecular flexibility index (Phi) is 4.62. The molecule has 0 heterocycles. The van der Waals surface area contributed by atoms with Crippen LogP contribution in [-0.4, -0.2) is 12.8 Å². The summed E-state index contributed by atoms with van der Waals surface area (Å²) in [5.74, 6) is 0. The van der Waals surface area contributed by atoms with Crippen molar-refractivity contribution in [3.05, 3.63) is 12.8 Å². The summed E-state index contributed by atoms with van der Waals surface area (Å²) >= 11 is 0. The van der Waals surface area contributed by atoms with Gasteiger partial charge in [0, 0.05) is 13.0 Å². The lowest BCUT2D eigenvalue weighted by molar-refractivity contribution is -0.107. The molecule has 0 atom stereocenters. The van der Waals surface area contributed by atoms with Gasteiger partial charge in [0.05, 0.1) is 0 Å². The van der Waals surface area contributed by atoms with Crippen molar-refractivity contribution in [2.24, 2.45) is 0 Å². The highest BCUT2D eigenvalue weighted by Crippen LogP contribution is 1.63. The van der Waals surface area contributed by atoms with E-state index in [-0.39, 0.29) is 0 Å². The highest BCUT2D eigenvalue weighted by molar-refractivity contribution is 5.49. The minimum Gasteiger partial charge on any atom is -0.391 e. The third-order valence-corrected chi connectivity index (χ3v) is 0.551. The van der Waals surface area contributed by atoms with Crippen LogP contribution in [0.15, 0.2) is 12.8 Å². The van der Waals surface area contributed by atoms with Crippen LogP contribution >= 0.6 is 0 Å². The highest BCUT2D eigenvalue weighted by Gasteiger charge is 1.74. The fourth-order valence-corrected chi connectivity index (χ4v) is 0.244. The minimum atomic E-state index is 0.562. The van der Waals surface area contributed by atoms with Gasteiger partial charge in [0.1, 0.15) is 6.29 Å². The lowest BCUT2D eigenvalue weighted by atomic mass is 10.5. The van der Waals surface area contributed by atoms with E-state index in [0.717, 1.165) is 6.29 Å². The van der Waals surface area contributed by atoms with Crippen molar-refractivity contribution in [1.82, 2.24) is 5.32 Å². The summed E-state index contributed by atoms with van der Waals surface area (Å²) in [6.45, 7) is 4.11. The first-order valence-electron chi connectivity index (χ1n) is 2.19. The molecule has 0 spiro atoms. The number of hydrogen-bond acceptors (Lipinski definition) is 2. The molecule has 2 heteroatoms. The van der Waals surface area contributed by atoms with Crippen LogP contribution in [0.1, 0.15) is 6.42 Å². The molecule has 0 saturated heterocycles. The normalized spacial score (nSPS) is 7.43. The van der Waals surface area contributed by atoms with Crippen molar-refractivity contribution >= 4 is 6.29 Å². The summed E-state index contributed by atoms with van der Waals surface area (Å²) in [5.41, 5.74) is 0. The molecule has 0 aromatic rings. The van der Waals surface area contributed by atoms with Gasteiger partial charge in [0.2, 0.25) is 0 Å². The molecule has 0 aliphatic carbocycles. The maximum Gasteiger partial charge on any atom is 0.121 e. The SMILES string of the molecule is C=CNCCC=O. The van der Waals surface area contributed by atoms with E-state index in [4.69, 9.17) is 0 Å². The zero-order valence-electron chi connectivity index (χ0n) is 4.18. The van der Waals surface area contributed by atoms with Gasteiger partial charge >= 0.3 is 0 Å². The van der Waals surface area contributed by atoms with Gasteiger partial charge in [-0.1, -0.05) is 6.58 Å². The Labute approximate surface area is 43.2 Å². The van der Waals surface area contributed by atoms with Crippen LogP contribution in [0.5, 0.6) is 0 Å². The van der Waals surface area contributed by atoms with Crippen molar-refractivity contribution in [2.45, 2.75) is 6.42 Å². The van der Waals surface area contributed by atoms with Crippen LogP contribution in [0.2, 0.25) is 0 Å². The van der Waals surface area contributed by atoms with Gasteiger partial charge in [0.25, 0.3) is 0 Å². The van der Waals surface area contributed by atoms with E-state index in [1.54, 1.807) is 6.20 Å². The first kappa shape index (κ1) is 6.21. The fourth-order valence-electron chi connectivity index (χ4n) is 0.244. The minimum absolute atomic E-state index is 0.562. The van der Waals surface area contributed by atoms with Gasteiger partial charge < -0.3 is 10.1 Å². The molecule has 0 amide bonds. The highest BCUT2D eigenvalue weighted by atomic mass is 16.1. The van der Waals surface area contributed by atoms with E-state index in [9.17, 15) is 4.79 Å². The van der Waals surface area contributed by atoms with Crippen molar-refractivity contribution in [3.63, 3.8) is 0 Å². The summed E-state index contributed by atoms with van der Waals surface area (Å²) in [7, 11) is 0. The molecular formula is C5H9NO. The van der Waals surface area contributed by atoms with E-state index in [1.807, 2.05) is 0 Å². The van der Waals surface area contributed by atoms with Gasteiger partial charge in [-0.2, -0.15) is 0 Å². The predicted molar refractivity (Wildman–Crippen MR) is 28.9 cm³/mol. The largest absolute Gasteiger partial charge is 0.391 e. The summed E-state index contributed by atoms with van der Waals surface area (Å²) < 4.78 is 0. The number of nitrogens with one attached hydrogen (secondary N) is 1. The monoisotopic (exact) mass is 99.1 g/mol. The molecule has 0 aliphatic heterocycles. The number of hydrogen-bond donors (Lipinski definition) is 1. The van der Waals surface area contributed by atoms with Crippen LogP contribution in [0.25, 0.3) is 0 Å². The van der Waals surface area contributed by atoms with Gasteiger partial charge in [-0.05, 0) is 6.20 Å². The Bertz CT molecular complexity index is 53.1. The van der Waals surface area contributed by atoms with Gasteiger partial charge in [-0.3, -0.25) is 0 Å². The lowest BCUT2D eigenvalue weighted by Crippen LogP contribution is -2.05. The summed E-state index contributed by atoms with van der Waals surface area (Å²) in [5, 5.41) is 2.78. The average molecular weight is 99.1 g/mol. The molecule has 0 aliphatic rings. The molecule has 0 radical (unpaired) electrons. The zero-order chi connectivity index (χ0) is 5.54. The second-order valence-electron chi connectivity index (χ2n) is 1.11. The molecule has 7 heavy (non-hydrogen) atoms. The quantitative estimate of drug-likeness (QED) is 0.406. The molecule has 0 fully saturated rings. The van der Waals surface area contributed by atoms with E-state index < -0.39 is 0 Å². The number of carbonyl (C=O) groups excluding carboxylic acids is 1. The number of carbonyl (C=O) groups is 1. The second kappa shape index (κ2) is 5.21. The summed E-state index contributed by atoms with van der Waals surface area (Å²) in [6, 6.07) is 0. The Hall–Kier alpha value is -0.790. The van der Waals surface area contributed by atoms with Crippen molar-refractivity contribution in [2.75, 3.05) is 6.54 Å². The van der Waals surface area contributed by atoms with Crippen molar-refractivity contribution < 1.29 is 4.79 Å². The van der Waals surface area contributed by atoms with Gasteiger partial charge in [-0.25, -0.2) is 0 Å². The lowest BCUT2D eigenvalue weighted by Gasteiger charge is -1.89. The third-order valence-electron chi connectivity index (χ3n) is 0.551. The molecule has 0 saturated carbocycles. The molecule has 2 nitrogen and oxygen atoms in total. The molecule has 0 unspecified atom stereocenters. The standard InChI is InChI=1S/C5H9NO/c1-2-6-4-3-5-7/h2,5-6H,1,3-4H2. The van der Waals surface area contributed by atoms with E-state index in [0.29, 0.717) is 13.0 Å². The van der Waals surface area contributed by atoms with Crippen LogP contribution < -0.4 is 5.32 Å². The fraction of sp³-hybridized carbons (Fsp3) is 0.400. The molecule has 1 N–H and O–H groups in total. The van der Waals surface area contributed by atoms with Crippen molar-refractivity contribution in [1.29, 1.82) is 0 Å². The van der Waals surface area contributed by atoms with Crippen LogP contribution in [-0.2, 0) is 4.79 Å². The van der Waals surface area contributed by atoms with Gasteiger partial charge in [0.15, 0.2) is 0 Å². The Morgan fingerprint density at radius 2 is 2.43 bits per heavy atom. The molecule has 0 aromatic carbocycles. The second-order valence-corrected chi connectivity index (χ2v) is 1.11. The number of aldehydes is 1. The predicted octanol–water partition coefficient (Wildman–Crippen LogP) is 0.309. The Morgan fingerprint density at radius 1 is 1.71 bits per heavy atom. The van der Waals surface area contributed by atoms with Crippen LogP contribution in [0.4, 0.5) is 0 Å². The van der Waals surface area contributed by atoms with E-state index >= 15 is 0 Å². The smallest absolute Gasteiger partial charge is 0.121 e. The van der Waals surface area contributed by atoms with Gasteiger partial charge in [-0.15, -0.1) is 0 Å². The maximum atomic E-state index is 9.61. The van der Waals surface area contributed by atoms with Crippen molar-refractivity contribution in [3.8, 4) is 0 Å². The Morgan fingerprint density at radius 3 is 2.86 bits per heavy atom. The first-order chi connectivity index (χ1) is 3.41. The summed E-state index contributed by atoms with van der Waals surface area (Å²) in [4.78, 5) is 9.61. The molecule has 40 valence electrons. The van der Waals surface area contributed by atoms with Crippen LogP contribution in [0.3, 0.4) is 0 Å². The topological polar surface area (TPSA) is 29.1 Å². The zero-order valence-corrected chi connectivity index (χ0v) is 4.18. The first-order valence-corrected chi connectivity index (χ1v) is 2.19. The molecule has 0 rings (SSSR count). The molecule has 0 bridgehead atoms. The van der Waals surface area contributed by atoms with E-state index in [2.05, 4.69) is 11.9 Å². The molecule has 0 aromatic heterocycles. The molecular weight excluding hydrogens is 90.1 g/mol. The third kappa shape index (κ3) is 5.21. The Balaban J connectivity index is 2.68. The maximum absolute atomic E-state index is 9.61. The average Bonchev–Trinajstić information content (AvgIpc) is 1.69.